The SMILES string of the molecule is CCCCCCCC1(CC[C@@H]2CCC(=O)O[C@H](C)CC2OC(=O)c2ccccc2)OCCCO1. The number of esters is 2. The molecule has 1 aromatic carbocycles. The zero-order valence-electron chi connectivity index (χ0n) is 21.0. The van der Waals surface area contributed by atoms with E-state index in [1.807, 2.05) is 25.1 Å². The normalized spacial score (nSPS) is 25.1. The van der Waals surface area contributed by atoms with Gasteiger partial charge < -0.3 is 18.9 Å². The third kappa shape index (κ3) is 8.38. The molecule has 0 radical (unpaired) electrons. The summed E-state index contributed by atoms with van der Waals surface area (Å²) in [6.45, 7) is 5.53. The highest BCUT2D eigenvalue weighted by Gasteiger charge is 2.38. The molecule has 3 rings (SSSR count). The van der Waals surface area contributed by atoms with Crippen LogP contribution in [-0.4, -0.2) is 43.1 Å². The zero-order valence-corrected chi connectivity index (χ0v) is 21.0. The third-order valence-corrected chi connectivity index (χ3v) is 6.99. The lowest BCUT2D eigenvalue weighted by molar-refractivity contribution is -0.275. The van der Waals surface area contributed by atoms with Gasteiger partial charge in [0.2, 0.25) is 0 Å². The molecule has 34 heavy (non-hydrogen) atoms. The van der Waals surface area contributed by atoms with Crippen LogP contribution in [0, 0.1) is 5.92 Å². The van der Waals surface area contributed by atoms with Crippen LogP contribution < -0.4 is 0 Å². The van der Waals surface area contributed by atoms with Gasteiger partial charge in [-0.15, -0.1) is 0 Å². The maximum Gasteiger partial charge on any atom is 0.338 e. The molecule has 1 unspecified atom stereocenters. The molecule has 0 saturated carbocycles. The minimum absolute atomic E-state index is 0.0501. The highest BCUT2D eigenvalue weighted by molar-refractivity contribution is 5.89. The Hall–Kier alpha value is -1.92. The van der Waals surface area contributed by atoms with E-state index in [9.17, 15) is 9.59 Å². The topological polar surface area (TPSA) is 71.1 Å². The Labute approximate surface area is 204 Å². The predicted molar refractivity (Wildman–Crippen MR) is 130 cm³/mol. The number of ether oxygens (including phenoxy) is 4. The Morgan fingerprint density at radius 2 is 1.79 bits per heavy atom. The number of benzene rings is 1. The monoisotopic (exact) mass is 474 g/mol. The number of rotatable bonds is 11. The van der Waals surface area contributed by atoms with Crippen LogP contribution in [0.1, 0.15) is 101 Å². The molecule has 0 aromatic heterocycles. The van der Waals surface area contributed by atoms with Gasteiger partial charge in [-0.25, -0.2) is 4.79 Å². The van der Waals surface area contributed by atoms with E-state index in [0.717, 1.165) is 45.3 Å². The summed E-state index contributed by atoms with van der Waals surface area (Å²) in [5.41, 5.74) is 0.537. The molecule has 0 N–H and O–H groups in total. The first kappa shape index (κ1) is 26.7. The van der Waals surface area contributed by atoms with E-state index in [4.69, 9.17) is 18.9 Å². The number of cyclic esters (lactones) is 1. The van der Waals surface area contributed by atoms with E-state index in [0.29, 0.717) is 24.8 Å². The maximum absolute atomic E-state index is 12.8. The Morgan fingerprint density at radius 1 is 1.06 bits per heavy atom. The highest BCUT2D eigenvalue weighted by Crippen LogP contribution is 2.35. The summed E-state index contributed by atoms with van der Waals surface area (Å²) in [6.07, 6.45) is 10.2. The first-order chi connectivity index (χ1) is 16.5. The molecular formula is C28H42O6. The van der Waals surface area contributed by atoms with Crippen LogP contribution in [0.5, 0.6) is 0 Å². The summed E-state index contributed by atoms with van der Waals surface area (Å²) >= 11 is 0. The quantitative estimate of drug-likeness (QED) is 0.280. The van der Waals surface area contributed by atoms with Crippen molar-refractivity contribution in [2.75, 3.05) is 13.2 Å². The van der Waals surface area contributed by atoms with Gasteiger partial charge in [0.05, 0.1) is 18.8 Å². The molecule has 6 heteroatoms. The van der Waals surface area contributed by atoms with Crippen LogP contribution in [0.25, 0.3) is 0 Å². The molecule has 0 aliphatic carbocycles. The van der Waals surface area contributed by atoms with Crippen molar-refractivity contribution in [2.45, 2.75) is 109 Å². The number of carbonyl (C=O) groups is 2. The molecule has 2 fully saturated rings. The van der Waals surface area contributed by atoms with Crippen molar-refractivity contribution < 1.29 is 28.5 Å². The fourth-order valence-corrected chi connectivity index (χ4v) is 5.03. The van der Waals surface area contributed by atoms with Gasteiger partial charge in [0.25, 0.3) is 0 Å². The largest absolute Gasteiger partial charge is 0.463 e. The minimum atomic E-state index is -0.563. The summed E-state index contributed by atoms with van der Waals surface area (Å²) in [5.74, 6) is -1.02. The number of hydrogen-bond donors (Lipinski definition) is 0. The first-order valence-corrected chi connectivity index (χ1v) is 13.2. The van der Waals surface area contributed by atoms with Crippen molar-refractivity contribution in [3.8, 4) is 0 Å². The third-order valence-electron chi connectivity index (χ3n) is 6.99. The molecule has 2 saturated heterocycles. The van der Waals surface area contributed by atoms with Gasteiger partial charge in [-0.2, -0.15) is 0 Å². The van der Waals surface area contributed by atoms with Crippen LogP contribution in [0.3, 0.4) is 0 Å². The summed E-state index contributed by atoms with van der Waals surface area (Å²) in [6, 6.07) is 9.07. The van der Waals surface area contributed by atoms with Crippen molar-refractivity contribution >= 4 is 11.9 Å². The van der Waals surface area contributed by atoms with Crippen molar-refractivity contribution in [1.82, 2.24) is 0 Å². The predicted octanol–water partition coefficient (Wildman–Crippen LogP) is 6.22. The number of hydrogen-bond acceptors (Lipinski definition) is 6. The summed E-state index contributed by atoms with van der Waals surface area (Å²) < 4.78 is 23.9. The Kier molecular flexibility index (Phi) is 10.9. The second kappa shape index (κ2) is 13.8. The summed E-state index contributed by atoms with van der Waals surface area (Å²) in [5, 5.41) is 0. The van der Waals surface area contributed by atoms with E-state index in [1.165, 1.54) is 25.7 Å². The van der Waals surface area contributed by atoms with E-state index in [1.54, 1.807) is 12.1 Å². The lowest BCUT2D eigenvalue weighted by atomic mass is 9.85. The molecule has 190 valence electrons. The van der Waals surface area contributed by atoms with Crippen molar-refractivity contribution in [3.05, 3.63) is 35.9 Å². The standard InChI is InChI=1S/C28H42O6/c1-3-4-5-6-10-17-28(31-19-11-20-32-28)18-16-23-14-15-26(29)33-22(2)21-25(23)34-27(30)24-12-8-7-9-13-24/h7-9,12-13,22-23,25H,3-6,10-11,14-21H2,1-2H3/t22-,23+,25?/m1/s1. The Morgan fingerprint density at radius 3 is 2.53 bits per heavy atom. The highest BCUT2D eigenvalue weighted by atomic mass is 16.7. The first-order valence-electron chi connectivity index (χ1n) is 13.2. The molecule has 0 bridgehead atoms. The second-order valence-electron chi connectivity index (χ2n) is 9.81. The summed E-state index contributed by atoms with van der Waals surface area (Å²) in [4.78, 5) is 25.0. The fraction of sp³-hybridized carbons (Fsp3) is 0.714. The van der Waals surface area contributed by atoms with Gasteiger partial charge in [-0.05, 0) is 50.7 Å². The fourth-order valence-electron chi connectivity index (χ4n) is 5.03. The number of carbonyl (C=O) groups excluding carboxylic acids is 2. The molecule has 6 nitrogen and oxygen atoms in total. The zero-order chi connectivity index (χ0) is 24.2. The van der Waals surface area contributed by atoms with Crippen LogP contribution in [-0.2, 0) is 23.7 Å². The lowest BCUT2D eigenvalue weighted by Crippen LogP contribution is -2.42. The van der Waals surface area contributed by atoms with E-state index >= 15 is 0 Å². The summed E-state index contributed by atoms with van der Waals surface area (Å²) in [7, 11) is 0. The molecule has 1 aromatic rings. The van der Waals surface area contributed by atoms with Crippen molar-refractivity contribution in [3.63, 3.8) is 0 Å². The molecular weight excluding hydrogens is 432 g/mol. The smallest absolute Gasteiger partial charge is 0.338 e. The molecule has 0 spiro atoms. The van der Waals surface area contributed by atoms with Gasteiger partial charge in [0, 0.05) is 25.7 Å². The van der Waals surface area contributed by atoms with Crippen molar-refractivity contribution in [2.24, 2.45) is 5.92 Å². The minimum Gasteiger partial charge on any atom is -0.463 e. The molecule has 2 aliphatic rings. The van der Waals surface area contributed by atoms with Crippen molar-refractivity contribution in [1.29, 1.82) is 0 Å². The second-order valence-corrected chi connectivity index (χ2v) is 9.81. The Bertz CT molecular complexity index is 743. The molecule has 0 amide bonds. The van der Waals surface area contributed by atoms with Crippen LogP contribution >= 0.6 is 0 Å². The molecule has 2 heterocycles. The average Bonchev–Trinajstić information content (AvgIpc) is 2.84. The van der Waals surface area contributed by atoms with Crippen LogP contribution in [0.15, 0.2) is 30.3 Å². The van der Waals surface area contributed by atoms with Gasteiger partial charge in [0.15, 0.2) is 5.79 Å². The van der Waals surface area contributed by atoms with Crippen LogP contribution in [0.4, 0.5) is 0 Å². The average molecular weight is 475 g/mol. The molecule has 3 atom stereocenters. The van der Waals surface area contributed by atoms with Gasteiger partial charge in [0.1, 0.15) is 12.2 Å². The van der Waals surface area contributed by atoms with E-state index in [-0.39, 0.29) is 30.1 Å². The van der Waals surface area contributed by atoms with Gasteiger partial charge in [-0.3, -0.25) is 4.79 Å². The van der Waals surface area contributed by atoms with Gasteiger partial charge >= 0.3 is 11.9 Å². The van der Waals surface area contributed by atoms with Gasteiger partial charge in [-0.1, -0.05) is 50.8 Å². The lowest BCUT2D eigenvalue weighted by Gasteiger charge is -2.39. The maximum atomic E-state index is 12.8. The number of unbranched alkanes of at least 4 members (excludes halogenated alkanes) is 4. The Balaban J connectivity index is 1.67. The van der Waals surface area contributed by atoms with E-state index < -0.39 is 5.79 Å². The van der Waals surface area contributed by atoms with Crippen LogP contribution in [0.2, 0.25) is 0 Å². The molecule has 2 aliphatic heterocycles. The van der Waals surface area contributed by atoms with E-state index in [2.05, 4.69) is 6.92 Å².